The molecule has 1 N–H and O–H groups in total. The van der Waals surface area contributed by atoms with E-state index in [1.54, 1.807) is 0 Å². The average molecular weight is 265 g/mol. The summed E-state index contributed by atoms with van der Waals surface area (Å²) in [7, 11) is 0. The summed E-state index contributed by atoms with van der Waals surface area (Å²) in [6.07, 6.45) is 3.27. The van der Waals surface area contributed by atoms with Crippen LogP contribution in [0.25, 0.3) is 0 Å². The number of aromatic nitrogens is 2. The number of aryl methyl sites for hydroxylation is 1. The second-order valence-corrected chi connectivity index (χ2v) is 6.20. The van der Waals surface area contributed by atoms with Gasteiger partial charge in [-0.15, -0.1) is 0 Å². The molecule has 0 amide bonds. The van der Waals surface area contributed by atoms with Gasteiger partial charge in [0.25, 0.3) is 0 Å². The fourth-order valence-corrected chi connectivity index (χ4v) is 3.61. The summed E-state index contributed by atoms with van der Waals surface area (Å²) < 4.78 is 10.9. The Morgan fingerprint density at radius 3 is 3.00 bits per heavy atom. The highest BCUT2D eigenvalue weighted by atomic mass is 16.5. The quantitative estimate of drug-likeness (QED) is 0.876. The zero-order valence-electron chi connectivity index (χ0n) is 12.0. The van der Waals surface area contributed by atoms with Gasteiger partial charge in [-0.05, 0) is 6.42 Å². The zero-order valence-corrected chi connectivity index (χ0v) is 12.0. The molecule has 0 spiro atoms. The van der Waals surface area contributed by atoms with Gasteiger partial charge in [0.1, 0.15) is 0 Å². The Morgan fingerprint density at radius 1 is 1.42 bits per heavy atom. The van der Waals surface area contributed by atoms with Crippen molar-refractivity contribution in [2.45, 2.75) is 52.2 Å². The number of rotatable bonds is 5. The maximum absolute atomic E-state index is 5.80. The monoisotopic (exact) mass is 265 g/mol. The minimum absolute atomic E-state index is 0.243. The summed E-state index contributed by atoms with van der Waals surface area (Å²) in [5.74, 6) is 2.22. The second-order valence-electron chi connectivity index (χ2n) is 6.20. The number of hydrogen-bond acceptors (Lipinski definition) is 5. The van der Waals surface area contributed by atoms with Gasteiger partial charge in [0, 0.05) is 43.4 Å². The molecule has 0 aromatic carbocycles. The van der Waals surface area contributed by atoms with Crippen molar-refractivity contribution in [1.82, 2.24) is 15.5 Å². The normalized spacial score (nSPS) is 32.1. The third-order valence-electron chi connectivity index (χ3n) is 4.63. The second kappa shape index (κ2) is 4.87. The van der Waals surface area contributed by atoms with Crippen LogP contribution < -0.4 is 5.32 Å². The lowest BCUT2D eigenvalue weighted by molar-refractivity contribution is -0.112. The molecule has 0 radical (unpaired) electrons. The van der Waals surface area contributed by atoms with E-state index in [-0.39, 0.29) is 5.41 Å². The molecular formula is C14H23N3O2. The lowest BCUT2D eigenvalue weighted by Crippen LogP contribution is -2.66. The molecule has 1 unspecified atom stereocenters. The minimum atomic E-state index is 0.243. The third-order valence-corrected chi connectivity index (χ3v) is 4.63. The van der Waals surface area contributed by atoms with E-state index >= 15 is 0 Å². The predicted molar refractivity (Wildman–Crippen MR) is 70.8 cm³/mol. The van der Waals surface area contributed by atoms with E-state index in [1.165, 1.54) is 6.42 Å². The number of hydrogen-bond donors (Lipinski definition) is 1. The van der Waals surface area contributed by atoms with Gasteiger partial charge in [-0.3, -0.25) is 0 Å². The van der Waals surface area contributed by atoms with Crippen LogP contribution >= 0.6 is 0 Å². The molecule has 2 aliphatic rings. The standard InChI is InChI=1S/C14H23N3O2/c1-4-11-16-10(17-19-11)5-7-15-12-9-6-8-18-13(9)14(12,2)3/h9,12-13,15H,4-8H2,1-3H3/t9-,12?,13-/m0/s1. The van der Waals surface area contributed by atoms with E-state index in [9.17, 15) is 0 Å². The summed E-state index contributed by atoms with van der Waals surface area (Å²) in [6, 6.07) is 0.553. The van der Waals surface area contributed by atoms with E-state index in [0.29, 0.717) is 18.1 Å². The smallest absolute Gasteiger partial charge is 0.226 e. The number of nitrogens with zero attached hydrogens (tertiary/aromatic N) is 2. The van der Waals surface area contributed by atoms with Gasteiger partial charge >= 0.3 is 0 Å². The summed E-state index contributed by atoms with van der Waals surface area (Å²) in [4.78, 5) is 4.33. The van der Waals surface area contributed by atoms with Crippen LogP contribution in [0.3, 0.4) is 0 Å². The summed E-state index contributed by atoms with van der Waals surface area (Å²) >= 11 is 0. The summed E-state index contributed by atoms with van der Waals surface area (Å²) in [5, 5.41) is 7.63. The number of nitrogens with one attached hydrogen (secondary N) is 1. The highest BCUT2D eigenvalue weighted by Crippen LogP contribution is 2.51. The van der Waals surface area contributed by atoms with Crippen molar-refractivity contribution in [3.05, 3.63) is 11.7 Å². The molecule has 0 bridgehead atoms. The molecule has 3 rings (SSSR count). The topological polar surface area (TPSA) is 60.2 Å². The first-order valence-corrected chi connectivity index (χ1v) is 7.29. The first-order valence-electron chi connectivity index (χ1n) is 7.29. The average Bonchev–Trinajstić information content (AvgIpc) is 3.02. The van der Waals surface area contributed by atoms with Crippen LogP contribution in [0.4, 0.5) is 0 Å². The number of ether oxygens (including phenoxy) is 1. The minimum Gasteiger partial charge on any atom is -0.377 e. The Morgan fingerprint density at radius 2 is 2.26 bits per heavy atom. The fraction of sp³-hybridized carbons (Fsp3) is 0.857. The Balaban J connectivity index is 1.50. The van der Waals surface area contributed by atoms with Gasteiger partial charge in [0.15, 0.2) is 5.82 Å². The molecule has 1 saturated carbocycles. The maximum Gasteiger partial charge on any atom is 0.226 e. The van der Waals surface area contributed by atoms with Crippen molar-refractivity contribution in [1.29, 1.82) is 0 Å². The predicted octanol–water partition coefficient (Wildman–Crippen LogP) is 1.58. The molecule has 1 saturated heterocycles. The molecule has 19 heavy (non-hydrogen) atoms. The number of fused-ring (bicyclic) bond motifs is 1. The molecule has 1 aromatic rings. The van der Waals surface area contributed by atoms with Crippen LogP contribution in [-0.2, 0) is 17.6 Å². The van der Waals surface area contributed by atoms with Gasteiger partial charge in [0.05, 0.1) is 6.10 Å². The van der Waals surface area contributed by atoms with E-state index in [4.69, 9.17) is 9.26 Å². The molecule has 5 heteroatoms. The fourth-order valence-electron chi connectivity index (χ4n) is 3.61. The summed E-state index contributed by atoms with van der Waals surface area (Å²) in [6.45, 7) is 8.43. The SMILES string of the molecule is CCc1nc(CCNC2[C@@H]3CCO[C@@H]3C2(C)C)no1. The highest BCUT2D eigenvalue weighted by molar-refractivity contribution is 5.11. The maximum atomic E-state index is 5.80. The Kier molecular flexibility index (Phi) is 3.35. The van der Waals surface area contributed by atoms with E-state index in [2.05, 4.69) is 29.3 Å². The van der Waals surface area contributed by atoms with E-state index < -0.39 is 0 Å². The van der Waals surface area contributed by atoms with Crippen molar-refractivity contribution in [3.63, 3.8) is 0 Å². The first kappa shape index (κ1) is 13.1. The van der Waals surface area contributed by atoms with Gasteiger partial charge in [-0.2, -0.15) is 4.98 Å². The van der Waals surface area contributed by atoms with Crippen LogP contribution in [0.1, 0.15) is 38.9 Å². The van der Waals surface area contributed by atoms with Crippen LogP contribution in [-0.4, -0.2) is 35.4 Å². The Bertz CT molecular complexity index is 444. The first-order chi connectivity index (χ1) is 9.13. The van der Waals surface area contributed by atoms with Crippen LogP contribution in [0.5, 0.6) is 0 Å². The third kappa shape index (κ3) is 2.19. The van der Waals surface area contributed by atoms with Crippen molar-refractivity contribution < 1.29 is 9.26 Å². The molecule has 1 aliphatic carbocycles. The van der Waals surface area contributed by atoms with Crippen molar-refractivity contribution in [2.75, 3.05) is 13.2 Å². The van der Waals surface area contributed by atoms with Gasteiger partial charge in [-0.25, -0.2) is 0 Å². The van der Waals surface area contributed by atoms with Gasteiger partial charge in [0.2, 0.25) is 5.89 Å². The highest BCUT2D eigenvalue weighted by Gasteiger charge is 2.58. The molecule has 1 aliphatic heterocycles. The largest absolute Gasteiger partial charge is 0.377 e. The van der Waals surface area contributed by atoms with Crippen molar-refractivity contribution in [2.24, 2.45) is 11.3 Å². The lowest BCUT2D eigenvalue weighted by atomic mass is 9.57. The van der Waals surface area contributed by atoms with Gasteiger partial charge in [-0.1, -0.05) is 25.9 Å². The zero-order chi connectivity index (χ0) is 13.5. The molecule has 2 heterocycles. The van der Waals surface area contributed by atoms with Gasteiger partial charge < -0.3 is 14.6 Å². The van der Waals surface area contributed by atoms with Crippen LogP contribution in [0.15, 0.2) is 4.52 Å². The van der Waals surface area contributed by atoms with E-state index in [0.717, 1.165) is 37.7 Å². The molecule has 5 nitrogen and oxygen atoms in total. The van der Waals surface area contributed by atoms with E-state index in [1.807, 2.05) is 6.92 Å². The summed E-state index contributed by atoms with van der Waals surface area (Å²) in [5.41, 5.74) is 0.243. The molecule has 2 fully saturated rings. The lowest BCUT2D eigenvalue weighted by Gasteiger charge is -2.55. The molecular weight excluding hydrogens is 242 g/mol. The Labute approximate surface area is 114 Å². The molecule has 106 valence electrons. The Hall–Kier alpha value is -0.940. The molecule has 1 aromatic heterocycles. The van der Waals surface area contributed by atoms with Crippen LogP contribution in [0.2, 0.25) is 0 Å². The molecule has 3 atom stereocenters. The van der Waals surface area contributed by atoms with Crippen molar-refractivity contribution in [3.8, 4) is 0 Å². The van der Waals surface area contributed by atoms with Crippen molar-refractivity contribution >= 4 is 0 Å². The van der Waals surface area contributed by atoms with Crippen LogP contribution in [0, 0.1) is 11.3 Å².